The van der Waals surface area contributed by atoms with Crippen molar-refractivity contribution in [2.75, 3.05) is 7.11 Å². The van der Waals surface area contributed by atoms with Gasteiger partial charge in [-0.3, -0.25) is 0 Å². The highest BCUT2D eigenvalue weighted by Gasteiger charge is 2.14. The molecule has 0 saturated carbocycles. The van der Waals surface area contributed by atoms with Gasteiger partial charge in [0, 0.05) is 16.1 Å². The van der Waals surface area contributed by atoms with E-state index in [1.54, 1.807) is 18.2 Å². The Kier molecular flexibility index (Phi) is 4.17. The highest BCUT2D eigenvalue weighted by molar-refractivity contribution is 9.10. The average Bonchev–Trinajstić information content (AvgIpc) is 2.21. The van der Waals surface area contributed by atoms with Gasteiger partial charge in [-0.25, -0.2) is 0 Å². The molecule has 0 amide bonds. The van der Waals surface area contributed by atoms with Gasteiger partial charge in [0.1, 0.15) is 0 Å². The Morgan fingerprint density at radius 3 is 2.87 bits per heavy atom. The van der Waals surface area contributed by atoms with Gasteiger partial charge in [-0.1, -0.05) is 22.0 Å². The molecular weight excluding hydrogens is 258 g/mol. The van der Waals surface area contributed by atoms with Crippen molar-refractivity contribution in [2.45, 2.75) is 12.5 Å². The Balaban J connectivity index is 3.16. The van der Waals surface area contributed by atoms with E-state index in [0.717, 1.165) is 4.47 Å². The van der Waals surface area contributed by atoms with Crippen LogP contribution in [0.4, 0.5) is 0 Å². The number of ether oxygens (including phenoxy) is 1. The third kappa shape index (κ3) is 2.73. The standard InChI is InChI=1S/C11H14BrNO2/c1-3-4-9(13)8-5-7(12)6-10(15-2)11(8)14/h3,5-6,9,14H,1,4,13H2,2H3/t9-/m0/s1. The molecule has 0 saturated heterocycles. The van der Waals surface area contributed by atoms with Gasteiger partial charge in [0.15, 0.2) is 11.5 Å². The lowest BCUT2D eigenvalue weighted by Crippen LogP contribution is -2.09. The number of phenolic OH excluding ortho intramolecular Hbond substituents is 1. The number of phenols is 1. The first-order chi connectivity index (χ1) is 7.10. The molecule has 0 radical (unpaired) electrons. The molecule has 0 aromatic heterocycles. The minimum absolute atomic E-state index is 0.0926. The van der Waals surface area contributed by atoms with E-state index in [-0.39, 0.29) is 11.8 Å². The van der Waals surface area contributed by atoms with Crippen molar-refractivity contribution in [3.63, 3.8) is 0 Å². The fraction of sp³-hybridized carbons (Fsp3) is 0.273. The Hall–Kier alpha value is -1.00. The normalized spacial score (nSPS) is 12.2. The summed E-state index contributed by atoms with van der Waals surface area (Å²) in [7, 11) is 1.50. The second-order valence-corrected chi connectivity index (χ2v) is 4.09. The number of methoxy groups -OCH3 is 1. The van der Waals surface area contributed by atoms with Crippen molar-refractivity contribution in [1.82, 2.24) is 0 Å². The quantitative estimate of drug-likeness (QED) is 0.828. The van der Waals surface area contributed by atoms with E-state index in [9.17, 15) is 5.11 Å². The molecule has 15 heavy (non-hydrogen) atoms. The highest BCUT2D eigenvalue weighted by atomic mass is 79.9. The number of benzene rings is 1. The van der Waals surface area contributed by atoms with Gasteiger partial charge in [0.25, 0.3) is 0 Å². The first-order valence-corrected chi connectivity index (χ1v) is 5.32. The third-order valence-electron chi connectivity index (χ3n) is 2.11. The molecule has 1 rings (SSSR count). The summed E-state index contributed by atoms with van der Waals surface area (Å²) in [5, 5.41) is 9.85. The van der Waals surface area contributed by atoms with Gasteiger partial charge in [0.05, 0.1) is 7.11 Å². The van der Waals surface area contributed by atoms with Crippen LogP contribution in [0.5, 0.6) is 11.5 Å². The van der Waals surface area contributed by atoms with Crippen LogP contribution in [0.15, 0.2) is 29.3 Å². The van der Waals surface area contributed by atoms with E-state index < -0.39 is 0 Å². The van der Waals surface area contributed by atoms with Crippen molar-refractivity contribution in [3.8, 4) is 11.5 Å². The van der Waals surface area contributed by atoms with E-state index in [1.807, 2.05) is 0 Å². The largest absolute Gasteiger partial charge is 0.504 e. The van der Waals surface area contributed by atoms with Crippen LogP contribution in [-0.4, -0.2) is 12.2 Å². The van der Waals surface area contributed by atoms with Crippen LogP contribution in [0, 0.1) is 0 Å². The van der Waals surface area contributed by atoms with Crippen molar-refractivity contribution >= 4 is 15.9 Å². The molecule has 0 unspecified atom stereocenters. The van der Waals surface area contributed by atoms with Crippen LogP contribution in [0.1, 0.15) is 18.0 Å². The van der Waals surface area contributed by atoms with E-state index in [0.29, 0.717) is 17.7 Å². The molecule has 4 heteroatoms. The summed E-state index contributed by atoms with van der Waals surface area (Å²) in [5.74, 6) is 0.508. The predicted molar refractivity (Wildman–Crippen MR) is 64.1 cm³/mol. The summed E-state index contributed by atoms with van der Waals surface area (Å²) in [4.78, 5) is 0. The van der Waals surface area contributed by atoms with Gasteiger partial charge in [-0.05, 0) is 18.6 Å². The highest BCUT2D eigenvalue weighted by Crippen LogP contribution is 2.37. The van der Waals surface area contributed by atoms with Gasteiger partial charge in [-0.15, -0.1) is 6.58 Å². The SMILES string of the molecule is C=CC[C@H](N)c1cc(Br)cc(OC)c1O. The molecule has 1 aromatic rings. The van der Waals surface area contributed by atoms with Gasteiger partial charge in [0.2, 0.25) is 0 Å². The number of rotatable bonds is 4. The molecule has 1 aromatic carbocycles. The summed E-state index contributed by atoms with van der Waals surface area (Å²) in [6.45, 7) is 3.62. The molecule has 0 aliphatic heterocycles. The summed E-state index contributed by atoms with van der Waals surface area (Å²) >= 11 is 3.33. The van der Waals surface area contributed by atoms with E-state index in [4.69, 9.17) is 10.5 Å². The Labute approximate surface area is 97.7 Å². The fourth-order valence-corrected chi connectivity index (χ4v) is 1.79. The van der Waals surface area contributed by atoms with Crippen LogP contribution >= 0.6 is 15.9 Å². The van der Waals surface area contributed by atoms with Crippen molar-refractivity contribution in [1.29, 1.82) is 0 Å². The topological polar surface area (TPSA) is 55.5 Å². The molecule has 1 atom stereocenters. The van der Waals surface area contributed by atoms with Crippen LogP contribution in [0.2, 0.25) is 0 Å². The van der Waals surface area contributed by atoms with Crippen LogP contribution < -0.4 is 10.5 Å². The summed E-state index contributed by atoms with van der Waals surface area (Å²) in [5.41, 5.74) is 6.55. The number of aromatic hydroxyl groups is 1. The molecule has 0 aliphatic rings. The lowest BCUT2D eigenvalue weighted by molar-refractivity contribution is 0.368. The van der Waals surface area contributed by atoms with Crippen LogP contribution in [0.3, 0.4) is 0 Å². The minimum atomic E-state index is -0.270. The van der Waals surface area contributed by atoms with E-state index in [2.05, 4.69) is 22.5 Å². The summed E-state index contributed by atoms with van der Waals surface area (Å²) in [6, 6.07) is 3.21. The number of hydrogen-bond donors (Lipinski definition) is 2. The molecule has 3 nitrogen and oxygen atoms in total. The number of halogens is 1. The maximum absolute atomic E-state index is 9.85. The van der Waals surface area contributed by atoms with E-state index >= 15 is 0 Å². The molecule has 0 aliphatic carbocycles. The maximum Gasteiger partial charge on any atom is 0.162 e. The molecule has 0 bridgehead atoms. The predicted octanol–water partition coefficient (Wildman–Crippen LogP) is 2.74. The van der Waals surface area contributed by atoms with Gasteiger partial charge < -0.3 is 15.6 Å². The smallest absolute Gasteiger partial charge is 0.162 e. The van der Waals surface area contributed by atoms with E-state index in [1.165, 1.54) is 7.11 Å². The Morgan fingerprint density at radius 1 is 1.67 bits per heavy atom. The maximum atomic E-state index is 9.85. The molecular formula is C11H14BrNO2. The van der Waals surface area contributed by atoms with Crippen molar-refractivity contribution < 1.29 is 9.84 Å². The summed E-state index contributed by atoms with van der Waals surface area (Å²) in [6.07, 6.45) is 2.32. The van der Waals surface area contributed by atoms with Crippen molar-refractivity contribution in [2.24, 2.45) is 5.73 Å². The zero-order valence-electron chi connectivity index (χ0n) is 8.53. The zero-order valence-corrected chi connectivity index (χ0v) is 10.1. The fourth-order valence-electron chi connectivity index (χ4n) is 1.34. The molecule has 0 fully saturated rings. The number of nitrogens with two attached hydrogens (primary N) is 1. The average molecular weight is 272 g/mol. The monoisotopic (exact) mass is 271 g/mol. The third-order valence-corrected chi connectivity index (χ3v) is 2.57. The Morgan fingerprint density at radius 2 is 2.33 bits per heavy atom. The lowest BCUT2D eigenvalue weighted by Gasteiger charge is -2.14. The van der Waals surface area contributed by atoms with Crippen LogP contribution in [-0.2, 0) is 0 Å². The zero-order chi connectivity index (χ0) is 11.4. The van der Waals surface area contributed by atoms with Gasteiger partial charge in [-0.2, -0.15) is 0 Å². The number of hydrogen-bond acceptors (Lipinski definition) is 3. The molecule has 0 spiro atoms. The second kappa shape index (κ2) is 5.19. The second-order valence-electron chi connectivity index (χ2n) is 3.18. The Bertz CT molecular complexity index is 366. The van der Waals surface area contributed by atoms with Crippen molar-refractivity contribution in [3.05, 3.63) is 34.8 Å². The lowest BCUT2D eigenvalue weighted by atomic mass is 10.0. The first kappa shape index (κ1) is 12.1. The molecule has 3 N–H and O–H groups in total. The first-order valence-electron chi connectivity index (χ1n) is 4.53. The minimum Gasteiger partial charge on any atom is -0.504 e. The van der Waals surface area contributed by atoms with Crippen LogP contribution in [0.25, 0.3) is 0 Å². The summed E-state index contributed by atoms with van der Waals surface area (Å²) < 4.78 is 5.86. The molecule has 82 valence electrons. The van der Waals surface area contributed by atoms with Gasteiger partial charge >= 0.3 is 0 Å². The molecule has 0 heterocycles.